The third kappa shape index (κ3) is 3.01. The van der Waals surface area contributed by atoms with E-state index in [0.29, 0.717) is 22.2 Å². The number of pyridine rings is 1. The van der Waals surface area contributed by atoms with E-state index in [-0.39, 0.29) is 6.61 Å². The predicted octanol–water partition coefficient (Wildman–Crippen LogP) is 4.70. The molecule has 5 heteroatoms. The molecule has 1 aromatic carbocycles. The van der Waals surface area contributed by atoms with Gasteiger partial charge in [-0.3, -0.25) is 4.40 Å². The molecule has 0 N–H and O–H groups in total. The van der Waals surface area contributed by atoms with Gasteiger partial charge in [-0.15, -0.1) is 12.3 Å². The highest BCUT2D eigenvalue weighted by Crippen LogP contribution is 2.28. The van der Waals surface area contributed by atoms with Crippen LogP contribution in [0.25, 0.3) is 5.65 Å². The van der Waals surface area contributed by atoms with Crippen LogP contribution >= 0.6 is 23.2 Å². The lowest BCUT2D eigenvalue weighted by Gasteiger charge is -2.10. The lowest BCUT2D eigenvalue weighted by molar-refractivity contribution is 0.308. The number of terminal acetylenes is 1. The lowest BCUT2D eigenvalue weighted by atomic mass is 10.2. The maximum Gasteiger partial charge on any atom is 0.180 e. The number of hydrogen-bond donors (Lipinski definition) is 0. The first-order valence-corrected chi connectivity index (χ1v) is 7.83. The first-order chi connectivity index (χ1) is 11.1. The number of aryl methyl sites for hydroxylation is 1. The summed E-state index contributed by atoms with van der Waals surface area (Å²) in [5, 5.41) is 1.16. The summed E-state index contributed by atoms with van der Waals surface area (Å²) in [5.41, 5.74) is 3.38. The number of halogens is 2. The monoisotopic (exact) mass is 344 g/mol. The quantitative estimate of drug-likeness (QED) is 0.641. The van der Waals surface area contributed by atoms with Crippen LogP contribution in [0.5, 0.6) is 5.75 Å². The number of rotatable bonds is 4. The van der Waals surface area contributed by atoms with Crippen LogP contribution in [0.1, 0.15) is 17.0 Å². The van der Waals surface area contributed by atoms with Gasteiger partial charge < -0.3 is 4.74 Å². The van der Waals surface area contributed by atoms with Crippen molar-refractivity contribution in [2.24, 2.45) is 0 Å². The number of benzene rings is 1. The summed E-state index contributed by atoms with van der Waals surface area (Å²) in [7, 11) is 0. The molecule has 0 saturated heterocycles. The molecule has 0 aliphatic heterocycles. The number of nitrogens with zero attached hydrogens (tertiary/aromatic N) is 2. The van der Waals surface area contributed by atoms with Crippen molar-refractivity contribution in [3.05, 3.63) is 63.5 Å². The van der Waals surface area contributed by atoms with Crippen molar-refractivity contribution in [3.8, 4) is 18.1 Å². The minimum absolute atomic E-state index is 0.272. The first-order valence-electron chi connectivity index (χ1n) is 7.07. The maximum absolute atomic E-state index is 6.18. The number of hydrogen-bond acceptors (Lipinski definition) is 2. The molecule has 0 radical (unpaired) electrons. The van der Waals surface area contributed by atoms with Crippen LogP contribution < -0.4 is 4.74 Å². The summed E-state index contributed by atoms with van der Waals surface area (Å²) in [5.74, 6) is 3.32. The molecule has 0 amide bonds. The van der Waals surface area contributed by atoms with Crippen LogP contribution in [0.2, 0.25) is 10.0 Å². The smallest absolute Gasteiger partial charge is 0.180 e. The minimum atomic E-state index is 0.272. The van der Waals surface area contributed by atoms with Crippen LogP contribution in [-0.4, -0.2) is 9.38 Å². The van der Waals surface area contributed by atoms with E-state index < -0.39 is 0 Å². The van der Waals surface area contributed by atoms with Gasteiger partial charge in [-0.25, -0.2) is 4.98 Å². The Morgan fingerprint density at radius 1 is 1.22 bits per heavy atom. The highest BCUT2D eigenvalue weighted by Gasteiger charge is 2.13. The van der Waals surface area contributed by atoms with E-state index in [9.17, 15) is 0 Å². The van der Waals surface area contributed by atoms with Crippen molar-refractivity contribution in [1.29, 1.82) is 0 Å². The number of aromatic nitrogens is 2. The molecule has 3 rings (SSSR count). The molecule has 2 heterocycles. The van der Waals surface area contributed by atoms with E-state index in [0.717, 1.165) is 22.6 Å². The largest absolute Gasteiger partial charge is 0.485 e. The van der Waals surface area contributed by atoms with Crippen LogP contribution in [0.4, 0.5) is 0 Å². The Kier molecular flexibility index (Phi) is 4.47. The van der Waals surface area contributed by atoms with Gasteiger partial charge in [-0.2, -0.15) is 0 Å². The molecule has 23 heavy (non-hydrogen) atoms. The van der Waals surface area contributed by atoms with Gasteiger partial charge in [0.2, 0.25) is 0 Å². The molecule has 0 aliphatic rings. The molecule has 2 aromatic heterocycles. The van der Waals surface area contributed by atoms with Gasteiger partial charge >= 0.3 is 0 Å². The normalized spacial score (nSPS) is 10.7. The fraction of sp³-hybridized carbons (Fsp3) is 0.167. The Hall–Kier alpha value is -2.15. The third-order valence-electron chi connectivity index (χ3n) is 3.62. The molecule has 0 aliphatic carbocycles. The van der Waals surface area contributed by atoms with Crippen LogP contribution in [0.3, 0.4) is 0 Å². The summed E-state index contributed by atoms with van der Waals surface area (Å²) in [4.78, 5) is 4.57. The Bertz CT molecular complexity index is 889. The number of ether oxygens (including phenoxy) is 1. The Labute approximate surface area is 144 Å². The SMILES string of the molecule is C#CCc1c(C)nc2c(OCc3c(Cl)cccc3Cl)cccn12. The van der Waals surface area contributed by atoms with Crippen molar-refractivity contribution in [1.82, 2.24) is 9.38 Å². The third-order valence-corrected chi connectivity index (χ3v) is 4.32. The van der Waals surface area contributed by atoms with Gasteiger partial charge in [0.25, 0.3) is 0 Å². The molecule has 0 atom stereocenters. The number of imidazole rings is 1. The summed E-state index contributed by atoms with van der Waals surface area (Å²) in [6.07, 6.45) is 7.88. The van der Waals surface area contributed by atoms with Gasteiger partial charge in [-0.1, -0.05) is 29.3 Å². The van der Waals surface area contributed by atoms with Gasteiger partial charge in [0, 0.05) is 21.8 Å². The van der Waals surface area contributed by atoms with E-state index in [4.69, 9.17) is 34.4 Å². The van der Waals surface area contributed by atoms with Gasteiger partial charge in [0.05, 0.1) is 17.8 Å². The minimum Gasteiger partial charge on any atom is -0.485 e. The van der Waals surface area contributed by atoms with Crippen molar-refractivity contribution in [2.45, 2.75) is 20.0 Å². The topological polar surface area (TPSA) is 26.5 Å². The Morgan fingerprint density at radius 3 is 2.65 bits per heavy atom. The molecule has 0 saturated carbocycles. The van der Waals surface area contributed by atoms with Gasteiger partial charge in [0.1, 0.15) is 6.61 Å². The van der Waals surface area contributed by atoms with Crippen LogP contribution in [0.15, 0.2) is 36.5 Å². The van der Waals surface area contributed by atoms with E-state index in [1.165, 1.54) is 0 Å². The molecule has 3 nitrogen and oxygen atoms in total. The molecular weight excluding hydrogens is 331 g/mol. The van der Waals surface area contributed by atoms with E-state index in [2.05, 4.69) is 10.9 Å². The van der Waals surface area contributed by atoms with Crippen molar-refractivity contribution >= 4 is 28.8 Å². The maximum atomic E-state index is 6.18. The average Bonchev–Trinajstić information content (AvgIpc) is 2.84. The predicted molar refractivity (Wildman–Crippen MR) is 93.3 cm³/mol. The summed E-state index contributed by atoms with van der Waals surface area (Å²) >= 11 is 12.4. The molecule has 0 bridgehead atoms. The van der Waals surface area contributed by atoms with Crippen molar-refractivity contribution in [3.63, 3.8) is 0 Å². The van der Waals surface area contributed by atoms with E-state index in [1.54, 1.807) is 18.2 Å². The summed E-state index contributed by atoms with van der Waals surface area (Å²) < 4.78 is 7.87. The second kappa shape index (κ2) is 6.54. The van der Waals surface area contributed by atoms with Gasteiger partial charge in [-0.05, 0) is 31.2 Å². The molecule has 0 fully saturated rings. The molecule has 3 aromatic rings. The van der Waals surface area contributed by atoms with E-state index in [1.807, 2.05) is 29.7 Å². The zero-order chi connectivity index (χ0) is 16.4. The summed E-state index contributed by atoms with van der Waals surface area (Å²) in [6.45, 7) is 2.21. The second-order valence-electron chi connectivity index (χ2n) is 5.08. The fourth-order valence-electron chi connectivity index (χ4n) is 2.45. The van der Waals surface area contributed by atoms with Gasteiger partial charge in [0.15, 0.2) is 11.4 Å². The molecule has 0 unspecified atom stereocenters. The standard InChI is InChI=1S/C18H14Cl2N2O/c1-3-6-16-12(2)21-18-17(9-5-10-22(16)18)23-11-13-14(19)7-4-8-15(13)20/h1,4-5,7-10H,6,11H2,2H3. The van der Waals surface area contributed by atoms with E-state index >= 15 is 0 Å². The molecule has 0 spiro atoms. The van der Waals surface area contributed by atoms with Crippen molar-refractivity contribution in [2.75, 3.05) is 0 Å². The lowest BCUT2D eigenvalue weighted by Crippen LogP contribution is -2.00. The zero-order valence-electron chi connectivity index (χ0n) is 12.5. The molecule has 116 valence electrons. The highest BCUT2D eigenvalue weighted by molar-refractivity contribution is 6.35. The molecular formula is C18H14Cl2N2O. The van der Waals surface area contributed by atoms with Crippen molar-refractivity contribution < 1.29 is 4.74 Å². The average molecular weight is 345 g/mol. The first kappa shape index (κ1) is 15.7. The Balaban J connectivity index is 1.95. The van der Waals surface area contributed by atoms with Crippen LogP contribution in [-0.2, 0) is 13.0 Å². The Morgan fingerprint density at radius 2 is 1.96 bits per heavy atom. The number of fused-ring (bicyclic) bond motifs is 1. The summed E-state index contributed by atoms with van der Waals surface area (Å²) in [6, 6.07) is 9.15. The highest BCUT2D eigenvalue weighted by atomic mass is 35.5. The van der Waals surface area contributed by atoms with Crippen LogP contribution in [0, 0.1) is 19.3 Å². The zero-order valence-corrected chi connectivity index (χ0v) is 14.0. The second-order valence-corrected chi connectivity index (χ2v) is 5.89. The fourth-order valence-corrected chi connectivity index (χ4v) is 2.95.